The van der Waals surface area contributed by atoms with Crippen LogP contribution >= 0.6 is 0 Å². The Morgan fingerprint density at radius 1 is 0.975 bits per heavy atom. The van der Waals surface area contributed by atoms with Gasteiger partial charge in [0.2, 0.25) is 6.41 Å². The lowest BCUT2D eigenvalue weighted by Gasteiger charge is -2.58. The molecule has 4 aliphatic carbocycles. The summed E-state index contributed by atoms with van der Waals surface area (Å²) < 4.78 is 5.91. The summed E-state index contributed by atoms with van der Waals surface area (Å²) in [5, 5.41) is 5.66. The van der Waals surface area contributed by atoms with Gasteiger partial charge in [-0.05, 0) is 104 Å². The van der Waals surface area contributed by atoms with E-state index < -0.39 is 0 Å². The SMILES string of the molecule is CC(C)CCC[C@@H](C)[C@H]1CCC2C3CC=C4CC(OC(=O)NCCCCCCNC=O)CC[C@]4(C)C3CC[C@@]21C. The zero-order valence-electron chi connectivity index (χ0n) is 26.4. The molecule has 0 spiro atoms. The molecule has 0 aromatic heterocycles. The average Bonchev–Trinajstić information content (AvgIpc) is 3.27. The predicted molar refractivity (Wildman–Crippen MR) is 164 cm³/mol. The van der Waals surface area contributed by atoms with Crippen molar-refractivity contribution in [2.24, 2.45) is 46.3 Å². The van der Waals surface area contributed by atoms with Gasteiger partial charge in [0.15, 0.2) is 0 Å². The first-order valence-corrected chi connectivity index (χ1v) is 17.0. The van der Waals surface area contributed by atoms with Crippen LogP contribution in [-0.2, 0) is 9.53 Å². The van der Waals surface area contributed by atoms with E-state index in [0.29, 0.717) is 17.4 Å². The third-order valence-electron chi connectivity index (χ3n) is 12.1. The fraction of sp³-hybridized carbons (Fsp3) is 0.886. The highest BCUT2D eigenvalue weighted by atomic mass is 16.6. The van der Waals surface area contributed by atoms with E-state index in [1.54, 1.807) is 5.57 Å². The third-order valence-corrected chi connectivity index (χ3v) is 12.1. The zero-order chi connectivity index (χ0) is 28.8. The second-order valence-electron chi connectivity index (χ2n) is 15.0. The maximum absolute atomic E-state index is 12.5. The van der Waals surface area contributed by atoms with Gasteiger partial charge in [0.25, 0.3) is 0 Å². The molecule has 4 rings (SSSR count). The lowest BCUT2D eigenvalue weighted by atomic mass is 9.47. The van der Waals surface area contributed by atoms with Crippen molar-refractivity contribution in [2.45, 2.75) is 137 Å². The number of carbonyl (C=O) groups excluding carboxylic acids is 2. The van der Waals surface area contributed by atoms with Crippen molar-refractivity contribution < 1.29 is 14.3 Å². The van der Waals surface area contributed by atoms with E-state index in [1.165, 1.54) is 51.4 Å². The van der Waals surface area contributed by atoms with Crippen LogP contribution in [0.4, 0.5) is 4.79 Å². The van der Waals surface area contributed by atoms with Crippen LogP contribution in [0.1, 0.15) is 131 Å². The number of hydrogen-bond acceptors (Lipinski definition) is 3. The average molecular weight is 557 g/mol. The van der Waals surface area contributed by atoms with Gasteiger partial charge in [0, 0.05) is 19.5 Å². The van der Waals surface area contributed by atoms with Crippen molar-refractivity contribution in [1.82, 2.24) is 10.6 Å². The van der Waals surface area contributed by atoms with Gasteiger partial charge in [-0.2, -0.15) is 0 Å². The summed E-state index contributed by atoms with van der Waals surface area (Å²) in [6, 6.07) is 0. The standard InChI is InChI=1S/C35H60N2O3/c1-25(2)11-10-12-26(3)30-15-16-31-29-14-13-27-23-28(17-19-34(27,4)32(29)18-20-35(30,31)5)40-33(39)37-22-9-7-6-8-21-36-24-38/h13,24-26,28-32H,6-12,14-23H2,1-5H3,(H,36,38)(H,37,39)/t26-,28?,29?,30-,31?,32?,34+,35-/m1/s1. The number of hydrogen-bond donors (Lipinski definition) is 2. The smallest absolute Gasteiger partial charge is 0.407 e. The van der Waals surface area contributed by atoms with Gasteiger partial charge in [-0.3, -0.25) is 4.79 Å². The molecular weight excluding hydrogens is 496 g/mol. The fourth-order valence-corrected chi connectivity index (χ4v) is 9.90. The normalized spacial score (nSPS) is 35.6. The molecule has 4 aliphatic rings. The Balaban J connectivity index is 1.26. The highest BCUT2D eigenvalue weighted by molar-refractivity contribution is 5.67. The van der Waals surface area contributed by atoms with E-state index in [1.807, 2.05) is 0 Å². The van der Waals surface area contributed by atoms with Crippen molar-refractivity contribution in [3.63, 3.8) is 0 Å². The Labute approximate surface area is 245 Å². The summed E-state index contributed by atoms with van der Waals surface area (Å²) in [4.78, 5) is 22.8. The van der Waals surface area contributed by atoms with E-state index >= 15 is 0 Å². The molecule has 0 heterocycles. The van der Waals surface area contributed by atoms with E-state index in [0.717, 1.165) is 93.4 Å². The molecule has 0 saturated heterocycles. The Bertz CT molecular complexity index is 871. The molecule has 3 fully saturated rings. The Hall–Kier alpha value is -1.52. The number of allylic oxidation sites excluding steroid dienone is 1. The number of fused-ring (bicyclic) bond motifs is 5. The minimum atomic E-state index is -0.251. The summed E-state index contributed by atoms with van der Waals surface area (Å²) in [6.45, 7) is 13.9. The summed E-state index contributed by atoms with van der Waals surface area (Å²) in [7, 11) is 0. The molecular formula is C35H60N2O3. The van der Waals surface area contributed by atoms with Crippen LogP contribution in [0.25, 0.3) is 0 Å². The first kappa shape index (κ1) is 31.4. The molecule has 0 aliphatic heterocycles. The van der Waals surface area contributed by atoms with Crippen molar-refractivity contribution in [3.05, 3.63) is 11.6 Å². The lowest BCUT2D eigenvalue weighted by molar-refractivity contribution is -0.109. The number of rotatable bonds is 14. The molecule has 0 radical (unpaired) electrons. The number of alkyl carbamates (subject to hydrolysis) is 1. The number of ether oxygens (including phenoxy) is 1. The third kappa shape index (κ3) is 7.09. The van der Waals surface area contributed by atoms with E-state index in [4.69, 9.17) is 4.74 Å². The fourth-order valence-electron chi connectivity index (χ4n) is 9.90. The Morgan fingerprint density at radius 3 is 2.50 bits per heavy atom. The molecule has 4 unspecified atom stereocenters. The van der Waals surface area contributed by atoms with Crippen LogP contribution in [0.5, 0.6) is 0 Å². The van der Waals surface area contributed by atoms with Crippen molar-refractivity contribution >= 4 is 12.5 Å². The predicted octanol–water partition coefficient (Wildman–Crippen LogP) is 8.43. The minimum Gasteiger partial charge on any atom is -0.446 e. The van der Waals surface area contributed by atoms with Crippen LogP contribution in [-0.4, -0.2) is 31.7 Å². The first-order valence-electron chi connectivity index (χ1n) is 17.0. The van der Waals surface area contributed by atoms with E-state index in [-0.39, 0.29) is 12.2 Å². The largest absolute Gasteiger partial charge is 0.446 e. The molecule has 0 aromatic rings. The van der Waals surface area contributed by atoms with Gasteiger partial charge in [-0.25, -0.2) is 4.79 Å². The second-order valence-corrected chi connectivity index (χ2v) is 15.0. The Morgan fingerprint density at radius 2 is 1.75 bits per heavy atom. The van der Waals surface area contributed by atoms with Crippen LogP contribution in [0, 0.1) is 46.3 Å². The van der Waals surface area contributed by atoms with Crippen molar-refractivity contribution in [3.8, 4) is 0 Å². The summed E-state index contributed by atoms with van der Waals surface area (Å²) in [5.74, 6) is 5.13. The topological polar surface area (TPSA) is 67.4 Å². The number of amides is 2. The first-order chi connectivity index (χ1) is 19.2. The summed E-state index contributed by atoms with van der Waals surface area (Å²) in [5.41, 5.74) is 2.41. The molecule has 0 aromatic carbocycles. The summed E-state index contributed by atoms with van der Waals surface area (Å²) in [6.07, 6.45) is 21.4. The monoisotopic (exact) mass is 556 g/mol. The van der Waals surface area contributed by atoms with Gasteiger partial charge in [0.05, 0.1) is 0 Å². The number of nitrogens with one attached hydrogen (secondary N) is 2. The Kier molecular flexibility index (Phi) is 11.1. The summed E-state index contributed by atoms with van der Waals surface area (Å²) >= 11 is 0. The maximum atomic E-state index is 12.5. The molecule has 8 atom stereocenters. The zero-order valence-corrected chi connectivity index (χ0v) is 26.4. The second kappa shape index (κ2) is 14.1. The highest BCUT2D eigenvalue weighted by Crippen LogP contribution is 2.67. The maximum Gasteiger partial charge on any atom is 0.407 e. The van der Waals surface area contributed by atoms with Crippen molar-refractivity contribution in [2.75, 3.05) is 13.1 Å². The molecule has 5 nitrogen and oxygen atoms in total. The minimum absolute atomic E-state index is 0.0155. The van der Waals surface area contributed by atoms with Gasteiger partial charge < -0.3 is 15.4 Å². The quantitative estimate of drug-likeness (QED) is 0.128. The molecule has 0 bridgehead atoms. The highest BCUT2D eigenvalue weighted by Gasteiger charge is 2.59. The van der Waals surface area contributed by atoms with Crippen molar-refractivity contribution in [1.29, 1.82) is 0 Å². The van der Waals surface area contributed by atoms with Gasteiger partial charge in [-0.1, -0.05) is 78.4 Å². The van der Waals surface area contributed by atoms with Crippen LogP contribution < -0.4 is 10.6 Å². The number of carbonyl (C=O) groups is 2. The van der Waals surface area contributed by atoms with Gasteiger partial charge in [0.1, 0.15) is 6.10 Å². The van der Waals surface area contributed by atoms with Crippen LogP contribution in [0.15, 0.2) is 11.6 Å². The molecule has 5 heteroatoms. The molecule has 40 heavy (non-hydrogen) atoms. The van der Waals surface area contributed by atoms with Gasteiger partial charge in [-0.15, -0.1) is 0 Å². The molecule has 228 valence electrons. The molecule has 2 amide bonds. The molecule has 2 N–H and O–H groups in total. The molecule has 3 saturated carbocycles. The van der Waals surface area contributed by atoms with Gasteiger partial charge >= 0.3 is 6.09 Å². The van der Waals surface area contributed by atoms with Crippen LogP contribution in [0.3, 0.4) is 0 Å². The van der Waals surface area contributed by atoms with Crippen LogP contribution in [0.2, 0.25) is 0 Å². The van der Waals surface area contributed by atoms with E-state index in [2.05, 4.69) is 51.3 Å². The lowest BCUT2D eigenvalue weighted by Crippen LogP contribution is -2.51. The van der Waals surface area contributed by atoms with E-state index in [9.17, 15) is 9.59 Å². The number of unbranched alkanes of at least 4 members (excludes halogenated alkanes) is 3.